The van der Waals surface area contributed by atoms with Gasteiger partial charge < -0.3 is 10.1 Å². The van der Waals surface area contributed by atoms with Crippen molar-refractivity contribution >= 4 is 29.2 Å². The molecule has 6 nitrogen and oxygen atoms in total. The Morgan fingerprint density at radius 1 is 1.43 bits per heavy atom. The maximum atomic E-state index is 12.2. The Kier molecular flexibility index (Phi) is 4.59. The number of carbonyl (C=O) groups is 2. The third kappa shape index (κ3) is 3.41. The lowest BCUT2D eigenvalue weighted by Crippen LogP contribution is -2.24. The molecule has 0 bridgehead atoms. The highest BCUT2D eigenvalue weighted by Crippen LogP contribution is 2.24. The first-order valence-corrected chi connectivity index (χ1v) is 6.58. The average molecular weight is 308 g/mol. The van der Waals surface area contributed by atoms with Crippen molar-refractivity contribution < 1.29 is 14.3 Å². The van der Waals surface area contributed by atoms with Crippen molar-refractivity contribution in [2.24, 2.45) is 0 Å². The van der Waals surface area contributed by atoms with Crippen LogP contribution in [0.25, 0.3) is 0 Å². The van der Waals surface area contributed by atoms with Gasteiger partial charge in [-0.2, -0.15) is 5.10 Å². The van der Waals surface area contributed by atoms with Crippen LogP contribution in [0.2, 0.25) is 5.02 Å². The third-order valence-electron chi connectivity index (χ3n) is 2.95. The normalized spacial score (nSPS) is 11.8. The molecule has 1 N–H and O–H groups in total. The van der Waals surface area contributed by atoms with Gasteiger partial charge in [0.05, 0.1) is 23.4 Å². The topological polar surface area (TPSA) is 73.2 Å². The van der Waals surface area contributed by atoms with E-state index in [2.05, 4.69) is 15.2 Å². The van der Waals surface area contributed by atoms with Gasteiger partial charge in [-0.3, -0.25) is 9.48 Å². The van der Waals surface area contributed by atoms with Gasteiger partial charge in [-0.25, -0.2) is 4.79 Å². The second kappa shape index (κ2) is 6.41. The number of ether oxygens (including phenoxy) is 1. The Morgan fingerprint density at radius 2 is 2.19 bits per heavy atom. The summed E-state index contributed by atoms with van der Waals surface area (Å²) in [5.74, 6) is -0.787. The molecule has 0 fully saturated rings. The summed E-state index contributed by atoms with van der Waals surface area (Å²) in [6, 6.07) is 5.76. The second-order valence-corrected chi connectivity index (χ2v) is 4.74. The first-order valence-electron chi connectivity index (χ1n) is 6.20. The molecule has 0 aliphatic heterocycles. The van der Waals surface area contributed by atoms with E-state index >= 15 is 0 Å². The minimum Gasteiger partial charge on any atom is -0.465 e. The number of amides is 1. The number of nitrogens with zero attached hydrogens (tertiary/aromatic N) is 2. The summed E-state index contributed by atoms with van der Waals surface area (Å²) in [5, 5.41) is 7.02. The van der Waals surface area contributed by atoms with Gasteiger partial charge >= 0.3 is 5.97 Å². The van der Waals surface area contributed by atoms with Gasteiger partial charge in [0, 0.05) is 12.4 Å². The number of esters is 1. The molecule has 1 unspecified atom stereocenters. The lowest BCUT2D eigenvalue weighted by atomic mass is 10.2. The van der Waals surface area contributed by atoms with Gasteiger partial charge in [0.25, 0.3) is 0 Å². The monoisotopic (exact) mass is 307 g/mol. The molecule has 2 rings (SSSR count). The van der Waals surface area contributed by atoms with Crippen LogP contribution in [0.15, 0.2) is 36.7 Å². The molecule has 1 amide bonds. The summed E-state index contributed by atoms with van der Waals surface area (Å²) in [7, 11) is 1.29. The van der Waals surface area contributed by atoms with E-state index in [-0.39, 0.29) is 5.91 Å². The molecule has 7 heteroatoms. The number of hydrogen-bond donors (Lipinski definition) is 1. The fourth-order valence-corrected chi connectivity index (χ4v) is 1.90. The number of anilines is 1. The zero-order valence-corrected chi connectivity index (χ0v) is 12.3. The molecule has 0 aliphatic carbocycles. The Labute approximate surface area is 126 Å². The molecule has 1 atom stereocenters. The fraction of sp³-hybridized carbons (Fsp3) is 0.214. The van der Waals surface area contributed by atoms with E-state index < -0.39 is 12.0 Å². The molecule has 1 aromatic carbocycles. The maximum Gasteiger partial charge on any atom is 0.337 e. The standard InChI is InChI=1S/C14H14ClN3O3/c1-9(18-7-3-6-16-18)13(19)17-12-8-10(14(20)21-2)4-5-11(12)15/h3-9H,1-2H3,(H,17,19). The lowest BCUT2D eigenvalue weighted by Gasteiger charge is -2.14. The first kappa shape index (κ1) is 15.1. The summed E-state index contributed by atoms with van der Waals surface area (Å²) in [6.45, 7) is 1.71. The van der Waals surface area contributed by atoms with Gasteiger partial charge in [0.2, 0.25) is 5.91 Å². The Morgan fingerprint density at radius 3 is 2.81 bits per heavy atom. The van der Waals surface area contributed by atoms with Crippen LogP contribution in [-0.2, 0) is 9.53 Å². The number of benzene rings is 1. The number of nitrogens with one attached hydrogen (secondary N) is 1. The Hall–Kier alpha value is -2.34. The van der Waals surface area contributed by atoms with E-state index in [1.807, 2.05) is 0 Å². The van der Waals surface area contributed by atoms with E-state index in [4.69, 9.17) is 11.6 Å². The lowest BCUT2D eigenvalue weighted by molar-refractivity contribution is -0.119. The zero-order chi connectivity index (χ0) is 15.4. The molecule has 21 heavy (non-hydrogen) atoms. The number of aromatic nitrogens is 2. The van der Waals surface area contributed by atoms with Gasteiger partial charge in [-0.1, -0.05) is 11.6 Å². The smallest absolute Gasteiger partial charge is 0.337 e. The van der Waals surface area contributed by atoms with Gasteiger partial charge in [0.1, 0.15) is 6.04 Å². The molecule has 0 saturated carbocycles. The molecule has 1 heterocycles. The van der Waals surface area contributed by atoms with Crippen molar-refractivity contribution in [2.75, 3.05) is 12.4 Å². The van der Waals surface area contributed by atoms with Crippen LogP contribution >= 0.6 is 11.6 Å². The number of carbonyl (C=O) groups excluding carboxylic acids is 2. The van der Waals surface area contributed by atoms with Gasteiger partial charge in [0.15, 0.2) is 0 Å². The van der Waals surface area contributed by atoms with Crippen LogP contribution in [0, 0.1) is 0 Å². The van der Waals surface area contributed by atoms with E-state index in [1.165, 1.54) is 30.0 Å². The summed E-state index contributed by atoms with van der Waals surface area (Å²) >= 11 is 6.03. The minimum atomic E-state index is -0.502. The van der Waals surface area contributed by atoms with Crippen molar-refractivity contribution in [1.29, 1.82) is 0 Å². The van der Waals surface area contributed by atoms with Crippen molar-refractivity contribution in [3.63, 3.8) is 0 Å². The summed E-state index contributed by atoms with van der Waals surface area (Å²) in [4.78, 5) is 23.7. The Bertz CT molecular complexity index is 655. The number of hydrogen-bond acceptors (Lipinski definition) is 4. The average Bonchev–Trinajstić information content (AvgIpc) is 3.02. The van der Waals surface area contributed by atoms with E-state index in [0.29, 0.717) is 16.3 Å². The summed E-state index contributed by atoms with van der Waals surface area (Å²) in [6.07, 6.45) is 3.28. The predicted molar refractivity (Wildman–Crippen MR) is 78.4 cm³/mol. The van der Waals surface area contributed by atoms with E-state index in [9.17, 15) is 9.59 Å². The van der Waals surface area contributed by atoms with Crippen LogP contribution in [0.4, 0.5) is 5.69 Å². The quantitative estimate of drug-likeness (QED) is 0.881. The molecule has 2 aromatic rings. The number of halogens is 1. The van der Waals surface area contributed by atoms with Gasteiger partial charge in [-0.15, -0.1) is 0 Å². The highest BCUT2D eigenvalue weighted by molar-refractivity contribution is 6.33. The number of rotatable bonds is 4. The number of methoxy groups -OCH3 is 1. The zero-order valence-electron chi connectivity index (χ0n) is 11.5. The molecule has 1 aromatic heterocycles. The van der Waals surface area contributed by atoms with Crippen LogP contribution in [0.3, 0.4) is 0 Å². The van der Waals surface area contributed by atoms with Crippen LogP contribution in [-0.4, -0.2) is 28.8 Å². The van der Waals surface area contributed by atoms with Crippen LogP contribution in [0.1, 0.15) is 23.3 Å². The largest absolute Gasteiger partial charge is 0.465 e. The SMILES string of the molecule is COC(=O)c1ccc(Cl)c(NC(=O)C(C)n2cccn2)c1. The first-order chi connectivity index (χ1) is 10.0. The molecule has 0 saturated heterocycles. The second-order valence-electron chi connectivity index (χ2n) is 4.34. The Balaban J connectivity index is 2.19. The van der Waals surface area contributed by atoms with Crippen molar-refractivity contribution in [3.8, 4) is 0 Å². The highest BCUT2D eigenvalue weighted by atomic mass is 35.5. The van der Waals surface area contributed by atoms with Crippen LogP contribution < -0.4 is 5.32 Å². The molecular weight excluding hydrogens is 294 g/mol. The maximum absolute atomic E-state index is 12.2. The molecule has 110 valence electrons. The highest BCUT2D eigenvalue weighted by Gasteiger charge is 2.17. The summed E-state index contributed by atoms with van der Waals surface area (Å²) in [5.41, 5.74) is 0.660. The van der Waals surface area contributed by atoms with Crippen molar-refractivity contribution in [2.45, 2.75) is 13.0 Å². The minimum absolute atomic E-state index is 0.289. The fourth-order valence-electron chi connectivity index (χ4n) is 1.73. The third-order valence-corrected chi connectivity index (χ3v) is 3.28. The summed E-state index contributed by atoms with van der Waals surface area (Å²) < 4.78 is 6.15. The van der Waals surface area contributed by atoms with Crippen molar-refractivity contribution in [3.05, 3.63) is 47.2 Å². The molecule has 0 spiro atoms. The molecule has 0 aliphatic rings. The molecular formula is C14H14ClN3O3. The van der Waals surface area contributed by atoms with Crippen molar-refractivity contribution in [1.82, 2.24) is 9.78 Å². The van der Waals surface area contributed by atoms with E-state index in [0.717, 1.165) is 0 Å². The molecule has 0 radical (unpaired) electrons. The van der Waals surface area contributed by atoms with Gasteiger partial charge in [-0.05, 0) is 31.2 Å². The van der Waals surface area contributed by atoms with E-state index in [1.54, 1.807) is 25.4 Å². The predicted octanol–water partition coefficient (Wildman–Crippen LogP) is 2.52. The van der Waals surface area contributed by atoms with Crippen LogP contribution in [0.5, 0.6) is 0 Å².